The van der Waals surface area contributed by atoms with Gasteiger partial charge in [-0.3, -0.25) is 9.36 Å². The third kappa shape index (κ3) is 3.32. The number of imidazole rings is 1. The molecule has 0 fully saturated rings. The molecule has 0 aliphatic heterocycles. The van der Waals surface area contributed by atoms with Gasteiger partial charge in [0.1, 0.15) is 0 Å². The Morgan fingerprint density at radius 1 is 1.10 bits per heavy atom. The van der Waals surface area contributed by atoms with Crippen LogP contribution in [0.25, 0.3) is 16.9 Å². The average Bonchev–Trinajstić information content (AvgIpc) is 3.12. The van der Waals surface area contributed by atoms with Crippen molar-refractivity contribution in [1.29, 1.82) is 0 Å². The minimum Gasteiger partial charge on any atom is -0.320 e. The lowest BCUT2D eigenvalue weighted by Gasteiger charge is -2.12. The lowest BCUT2D eigenvalue weighted by atomic mass is 10.2. The van der Waals surface area contributed by atoms with Crippen molar-refractivity contribution in [2.24, 2.45) is 0 Å². The van der Waals surface area contributed by atoms with Crippen LogP contribution in [0.2, 0.25) is 5.02 Å². The highest BCUT2D eigenvalue weighted by molar-refractivity contribution is 6.31. The van der Waals surface area contributed by atoms with Crippen molar-refractivity contribution >= 4 is 22.8 Å². The van der Waals surface area contributed by atoms with E-state index in [2.05, 4.69) is 11.6 Å². The first-order valence-corrected chi connectivity index (χ1v) is 9.51. The van der Waals surface area contributed by atoms with E-state index in [0.717, 1.165) is 11.1 Å². The fourth-order valence-corrected chi connectivity index (χ4v) is 3.52. The van der Waals surface area contributed by atoms with Crippen LogP contribution in [0.1, 0.15) is 11.1 Å². The highest BCUT2D eigenvalue weighted by Crippen LogP contribution is 2.19. The van der Waals surface area contributed by atoms with Crippen LogP contribution in [0, 0.1) is 6.92 Å². The number of nitrogens with zero attached hydrogens (tertiary/aromatic N) is 4. The first kappa shape index (κ1) is 19.0. The SMILES string of the molecule is C=CCn1c(=O)c2c(ncn2Cc2ccccc2Cl)n(-c2ccc(C)cc2)c1=O. The normalized spacial score (nSPS) is 11.1. The molecule has 0 aliphatic carbocycles. The van der Waals surface area contributed by atoms with Gasteiger partial charge in [-0.15, -0.1) is 6.58 Å². The summed E-state index contributed by atoms with van der Waals surface area (Å²) in [5, 5.41) is 0.604. The van der Waals surface area contributed by atoms with Crippen LogP contribution in [0.4, 0.5) is 0 Å². The number of rotatable bonds is 5. The third-order valence-electron chi connectivity index (χ3n) is 4.80. The maximum absolute atomic E-state index is 13.1. The standard InChI is InChI=1S/C22H19ClN4O2/c1-3-12-26-21(28)19-20(27(22(26)29)17-10-8-15(2)9-11-17)24-14-25(19)13-16-6-4-5-7-18(16)23/h3-11,14H,1,12-13H2,2H3. The molecule has 7 heteroatoms. The number of halogens is 1. The van der Waals surface area contributed by atoms with Crippen LogP contribution in [0.5, 0.6) is 0 Å². The zero-order chi connectivity index (χ0) is 20.5. The van der Waals surface area contributed by atoms with Gasteiger partial charge >= 0.3 is 5.69 Å². The number of allylic oxidation sites excluding steroid dienone is 1. The molecule has 4 aromatic rings. The molecular formula is C22H19ClN4O2. The molecule has 0 aliphatic rings. The van der Waals surface area contributed by atoms with Gasteiger partial charge in [-0.25, -0.2) is 14.3 Å². The van der Waals surface area contributed by atoms with Crippen molar-refractivity contribution in [3.8, 4) is 5.69 Å². The Hall–Kier alpha value is -3.38. The lowest BCUT2D eigenvalue weighted by molar-refractivity contribution is 0.690. The molecule has 29 heavy (non-hydrogen) atoms. The van der Waals surface area contributed by atoms with Gasteiger partial charge in [-0.2, -0.15) is 0 Å². The van der Waals surface area contributed by atoms with E-state index in [1.54, 1.807) is 17.0 Å². The Kier molecular flexibility index (Phi) is 4.94. The number of benzene rings is 2. The van der Waals surface area contributed by atoms with Gasteiger partial charge in [-0.1, -0.05) is 53.6 Å². The van der Waals surface area contributed by atoms with E-state index in [4.69, 9.17) is 11.6 Å². The second-order valence-corrected chi connectivity index (χ2v) is 7.20. The number of aryl methyl sites for hydroxylation is 1. The Bertz CT molecular complexity index is 1330. The van der Waals surface area contributed by atoms with E-state index in [1.807, 2.05) is 49.4 Å². The fraction of sp³-hybridized carbons (Fsp3) is 0.136. The van der Waals surface area contributed by atoms with E-state index >= 15 is 0 Å². The maximum Gasteiger partial charge on any atom is 0.337 e. The van der Waals surface area contributed by atoms with Gasteiger partial charge in [-0.05, 0) is 30.7 Å². The van der Waals surface area contributed by atoms with Crippen LogP contribution < -0.4 is 11.2 Å². The summed E-state index contributed by atoms with van der Waals surface area (Å²) in [6.45, 7) is 6.12. The predicted molar refractivity (Wildman–Crippen MR) is 115 cm³/mol. The molecule has 6 nitrogen and oxygen atoms in total. The Labute approximate surface area is 171 Å². The topological polar surface area (TPSA) is 61.8 Å². The molecule has 0 saturated carbocycles. The Morgan fingerprint density at radius 3 is 2.52 bits per heavy atom. The van der Waals surface area contributed by atoms with Crippen molar-refractivity contribution in [3.63, 3.8) is 0 Å². The summed E-state index contributed by atoms with van der Waals surface area (Å²) >= 11 is 6.29. The second kappa shape index (κ2) is 7.56. The van der Waals surface area contributed by atoms with Crippen LogP contribution in [0.15, 0.2) is 77.1 Å². The summed E-state index contributed by atoms with van der Waals surface area (Å²) in [5.41, 5.74) is 2.37. The van der Waals surface area contributed by atoms with E-state index in [1.165, 1.54) is 15.2 Å². The van der Waals surface area contributed by atoms with Crippen LogP contribution in [-0.2, 0) is 13.1 Å². The van der Waals surface area contributed by atoms with Crippen molar-refractivity contribution < 1.29 is 0 Å². The Balaban J connectivity index is 2.01. The lowest BCUT2D eigenvalue weighted by Crippen LogP contribution is -2.39. The van der Waals surface area contributed by atoms with Gasteiger partial charge < -0.3 is 4.57 Å². The van der Waals surface area contributed by atoms with Crippen LogP contribution in [0.3, 0.4) is 0 Å². The van der Waals surface area contributed by atoms with E-state index in [0.29, 0.717) is 28.4 Å². The molecule has 0 saturated heterocycles. The van der Waals surface area contributed by atoms with Crippen molar-refractivity contribution in [2.75, 3.05) is 0 Å². The fourth-order valence-electron chi connectivity index (χ4n) is 3.33. The van der Waals surface area contributed by atoms with E-state index < -0.39 is 11.2 Å². The van der Waals surface area contributed by atoms with Gasteiger partial charge in [0.2, 0.25) is 0 Å². The minimum atomic E-state index is -0.450. The number of aromatic nitrogens is 4. The summed E-state index contributed by atoms with van der Waals surface area (Å²) in [6, 6.07) is 14.9. The molecule has 146 valence electrons. The van der Waals surface area contributed by atoms with Crippen molar-refractivity contribution in [2.45, 2.75) is 20.0 Å². The summed E-state index contributed by atoms with van der Waals surface area (Å²) < 4.78 is 4.35. The van der Waals surface area contributed by atoms with Crippen LogP contribution >= 0.6 is 11.6 Å². The van der Waals surface area contributed by atoms with Crippen molar-refractivity contribution in [3.05, 3.63) is 105 Å². The zero-order valence-electron chi connectivity index (χ0n) is 15.9. The van der Waals surface area contributed by atoms with E-state index in [-0.39, 0.29) is 6.54 Å². The first-order chi connectivity index (χ1) is 14.0. The largest absolute Gasteiger partial charge is 0.337 e. The molecular weight excluding hydrogens is 388 g/mol. The molecule has 0 bridgehead atoms. The summed E-state index contributed by atoms with van der Waals surface area (Å²) in [4.78, 5) is 30.7. The molecule has 0 spiro atoms. The number of fused-ring (bicyclic) bond motifs is 1. The Morgan fingerprint density at radius 2 is 1.83 bits per heavy atom. The molecule has 0 unspecified atom stereocenters. The predicted octanol–water partition coefficient (Wildman–Crippen LogP) is 3.55. The molecule has 0 N–H and O–H groups in total. The number of hydrogen-bond donors (Lipinski definition) is 0. The summed E-state index contributed by atoms with van der Waals surface area (Å²) in [5.74, 6) is 0. The highest BCUT2D eigenvalue weighted by Gasteiger charge is 2.19. The first-order valence-electron chi connectivity index (χ1n) is 9.13. The van der Waals surface area contributed by atoms with E-state index in [9.17, 15) is 9.59 Å². The van der Waals surface area contributed by atoms with Gasteiger partial charge in [0.15, 0.2) is 11.2 Å². The van der Waals surface area contributed by atoms with Crippen molar-refractivity contribution in [1.82, 2.24) is 18.7 Å². The van der Waals surface area contributed by atoms with Gasteiger partial charge in [0.25, 0.3) is 5.56 Å². The molecule has 0 amide bonds. The average molecular weight is 407 g/mol. The third-order valence-corrected chi connectivity index (χ3v) is 5.17. The summed E-state index contributed by atoms with van der Waals surface area (Å²) in [7, 11) is 0. The molecule has 2 aromatic heterocycles. The van der Waals surface area contributed by atoms with Gasteiger partial charge in [0.05, 0.1) is 18.6 Å². The summed E-state index contributed by atoms with van der Waals surface area (Å²) in [6.07, 6.45) is 3.10. The molecule has 0 radical (unpaired) electrons. The molecule has 2 heterocycles. The number of hydrogen-bond acceptors (Lipinski definition) is 3. The maximum atomic E-state index is 13.1. The minimum absolute atomic E-state index is 0.108. The zero-order valence-corrected chi connectivity index (χ0v) is 16.6. The monoisotopic (exact) mass is 406 g/mol. The molecule has 0 atom stereocenters. The highest BCUT2D eigenvalue weighted by atomic mass is 35.5. The molecule has 4 rings (SSSR count). The smallest absolute Gasteiger partial charge is 0.320 e. The van der Waals surface area contributed by atoms with Gasteiger partial charge in [0, 0.05) is 11.6 Å². The quantitative estimate of drug-likeness (QED) is 0.476. The van der Waals surface area contributed by atoms with Crippen LogP contribution in [-0.4, -0.2) is 18.7 Å². The second-order valence-electron chi connectivity index (χ2n) is 6.79. The molecule has 2 aromatic carbocycles.